The van der Waals surface area contributed by atoms with Crippen molar-refractivity contribution in [3.8, 4) is 0 Å². The van der Waals surface area contributed by atoms with E-state index in [1.165, 1.54) is 43.0 Å². The van der Waals surface area contributed by atoms with E-state index in [1.54, 1.807) is 0 Å². The van der Waals surface area contributed by atoms with Crippen LogP contribution < -0.4 is 5.32 Å². The van der Waals surface area contributed by atoms with Crippen LogP contribution in [0.15, 0.2) is 6.33 Å². The highest BCUT2D eigenvalue weighted by Gasteiger charge is 2.44. The molecule has 0 spiro atoms. The van der Waals surface area contributed by atoms with Crippen molar-refractivity contribution in [2.24, 2.45) is 0 Å². The van der Waals surface area contributed by atoms with Gasteiger partial charge in [-0.25, -0.2) is 4.98 Å². The van der Waals surface area contributed by atoms with Crippen molar-refractivity contribution in [2.75, 3.05) is 11.9 Å². The van der Waals surface area contributed by atoms with Crippen molar-refractivity contribution in [1.82, 2.24) is 19.5 Å². The predicted octanol–water partition coefficient (Wildman–Crippen LogP) is 1.62. The molecule has 1 saturated heterocycles. The first-order valence-corrected chi connectivity index (χ1v) is 10.3. The maximum Gasteiger partial charge on any atom is 0.226 e. The van der Waals surface area contributed by atoms with Crippen LogP contribution in [-0.2, 0) is 4.74 Å². The molecule has 9 nitrogen and oxygen atoms in total. The summed E-state index contributed by atoms with van der Waals surface area (Å²) in [5.41, 5.74) is 0.937. The summed E-state index contributed by atoms with van der Waals surface area (Å²) in [5, 5.41) is 33.2. The van der Waals surface area contributed by atoms with Crippen molar-refractivity contribution in [3.05, 3.63) is 11.6 Å². The number of fused-ring (bicyclic) bond motifs is 1. The first-order chi connectivity index (χ1) is 13.6. The van der Waals surface area contributed by atoms with Crippen LogP contribution in [0.4, 0.5) is 5.82 Å². The molecule has 0 radical (unpaired) electrons. The minimum Gasteiger partial charge on any atom is -0.394 e. The topological polar surface area (TPSA) is 126 Å². The molecule has 10 heteroatoms. The molecule has 2 aromatic rings. The van der Waals surface area contributed by atoms with Crippen LogP contribution in [0.25, 0.3) is 11.2 Å². The van der Waals surface area contributed by atoms with E-state index in [2.05, 4.69) is 20.3 Å². The highest BCUT2D eigenvalue weighted by Crippen LogP contribution is 2.33. The third-order valence-electron chi connectivity index (χ3n) is 5.63. The van der Waals surface area contributed by atoms with Crippen LogP contribution >= 0.6 is 11.6 Å². The van der Waals surface area contributed by atoms with Gasteiger partial charge in [-0.15, -0.1) is 0 Å². The quantitative estimate of drug-likeness (QED) is 0.559. The van der Waals surface area contributed by atoms with Crippen LogP contribution in [0.3, 0.4) is 0 Å². The second-order valence-corrected chi connectivity index (χ2v) is 7.92. The molecule has 2 aliphatic rings. The SMILES string of the molecule is OC[C@H]1OC(n2cnc3c(NC4CCCCCCC4)nc(Cl)nc32)[C@H](O)[C@@H]1O. The molecule has 2 aromatic heterocycles. The molecule has 3 heterocycles. The maximum atomic E-state index is 10.3. The zero-order valence-corrected chi connectivity index (χ0v) is 16.3. The highest BCUT2D eigenvalue weighted by molar-refractivity contribution is 6.28. The van der Waals surface area contributed by atoms with E-state index < -0.39 is 31.1 Å². The van der Waals surface area contributed by atoms with Gasteiger partial charge in [0.05, 0.1) is 12.9 Å². The minimum absolute atomic E-state index is 0.0642. The molecule has 2 fully saturated rings. The van der Waals surface area contributed by atoms with Gasteiger partial charge in [-0.05, 0) is 24.4 Å². The van der Waals surface area contributed by atoms with Crippen LogP contribution in [0.5, 0.6) is 0 Å². The molecule has 154 valence electrons. The van der Waals surface area contributed by atoms with Crippen molar-refractivity contribution >= 4 is 28.6 Å². The maximum absolute atomic E-state index is 10.3. The third kappa shape index (κ3) is 3.81. The largest absolute Gasteiger partial charge is 0.394 e. The fraction of sp³-hybridized carbons (Fsp3) is 0.722. The van der Waals surface area contributed by atoms with E-state index in [1.807, 2.05) is 0 Å². The minimum atomic E-state index is -1.22. The summed E-state index contributed by atoms with van der Waals surface area (Å²) in [7, 11) is 0. The Balaban J connectivity index is 1.63. The van der Waals surface area contributed by atoms with Gasteiger partial charge in [0.25, 0.3) is 0 Å². The number of rotatable bonds is 4. The van der Waals surface area contributed by atoms with Crippen molar-refractivity contribution < 1.29 is 20.1 Å². The van der Waals surface area contributed by atoms with Crippen molar-refractivity contribution in [3.63, 3.8) is 0 Å². The fourth-order valence-corrected chi connectivity index (χ4v) is 4.25. The molecule has 0 amide bonds. The molecule has 4 N–H and O–H groups in total. The summed E-state index contributed by atoms with van der Waals surface area (Å²) in [6.07, 6.45) is 5.56. The summed E-state index contributed by atoms with van der Waals surface area (Å²) in [4.78, 5) is 13.0. The number of aliphatic hydroxyl groups excluding tert-OH is 3. The van der Waals surface area contributed by atoms with Crippen LogP contribution in [0.2, 0.25) is 5.28 Å². The molecular formula is C18H26ClN5O4. The number of anilines is 1. The Labute approximate surface area is 167 Å². The number of hydrogen-bond donors (Lipinski definition) is 4. The lowest BCUT2D eigenvalue weighted by molar-refractivity contribution is -0.0511. The van der Waals surface area contributed by atoms with E-state index in [4.69, 9.17) is 16.3 Å². The lowest BCUT2D eigenvalue weighted by atomic mass is 9.97. The number of nitrogens with zero attached hydrogens (tertiary/aromatic N) is 4. The van der Waals surface area contributed by atoms with Crippen molar-refractivity contribution in [1.29, 1.82) is 0 Å². The number of aromatic nitrogens is 4. The third-order valence-corrected chi connectivity index (χ3v) is 5.80. The average molecular weight is 412 g/mol. The van der Waals surface area contributed by atoms with Crippen molar-refractivity contribution in [2.45, 2.75) is 75.5 Å². The lowest BCUT2D eigenvalue weighted by Gasteiger charge is -2.22. The van der Waals surface area contributed by atoms with E-state index in [9.17, 15) is 15.3 Å². The zero-order valence-electron chi connectivity index (χ0n) is 15.5. The number of aliphatic hydroxyl groups is 3. The molecule has 28 heavy (non-hydrogen) atoms. The van der Waals surface area contributed by atoms with Gasteiger partial charge in [0.2, 0.25) is 5.28 Å². The molecule has 0 aromatic carbocycles. The van der Waals surface area contributed by atoms with Gasteiger partial charge < -0.3 is 25.4 Å². The summed E-state index contributed by atoms with van der Waals surface area (Å²) < 4.78 is 7.12. The number of nitrogens with one attached hydrogen (secondary N) is 1. The van der Waals surface area contributed by atoms with Gasteiger partial charge >= 0.3 is 0 Å². The summed E-state index contributed by atoms with van der Waals surface area (Å²) >= 11 is 6.16. The van der Waals surface area contributed by atoms with Crippen LogP contribution in [0.1, 0.15) is 51.2 Å². The van der Waals surface area contributed by atoms with Crippen LogP contribution in [-0.4, -0.2) is 65.8 Å². The first kappa shape index (κ1) is 19.8. The Kier molecular flexibility index (Phi) is 5.98. The van der Waals surface area contributed by atoms with Gasteiger partial charge in [-0.3, -0.25) is 4.57 Å². The summed E-state index contributed by atoms with van der Waals surface area (Å²) in [6, 6.07) is 0.300. The predicted molar refractivity (Wildman–Crippen MR) is 103 cm³/mol. The van der Waals surface area contributed by atoms with Gasteiger partial charge in [0, 0.05) is 6.04 Å². The lowest BCUT2D eigenvalue weighted by Crippen LogP contribution is -2.33. The average Bonchev–Trinajstić information content (AvgIpc) is 3.19. The number of hydrogen-bond acceptors (Lipinski definition) is 8. The fourth-order valence-electron chi connectivity index (χ4n) is 4.08. The first-order valence-electron chi connectivity index (χ1n) is 9.87. The second-order valence-electron chi connectivity index (χ2n) is 7.58. The Morgan fingerprint density at radius 2 is 1.82 bits per heavy atom. The number of imidazole rings is 1. The van der Waals surface area contributed by atoms with Crippen LogP contribution in [0, 0.1) is 0 Å². The second kappa shape index (κ2) is 8.46. The highest BCUT2D eigenvalue weighted by atomic mass is 35.5. The molecule has 4 rings (SSSR count). The zero-order chi connectivity index (χ0) is 19.7. The standard InChI is InChI=1S/C18H26ClN5O4/c19-18-22-15(21-10-6-4-2-1-3-5-7-10)12-16(23-18)24(9-20-12)17-14(27)13(26)11(8-25)28-17/h9-11,13-14,17,25-27H,1-8H2,(H,21,22,23)/t11-,13-,14-,17?/m1/s1. The number of ether oxygens (including phenoxy) is 1. The molecule has 0 bridgehead atoms. The van der Waals surface area contributed by atoms with Gasteiger partial charge in [0.1, 0.15) is 18.3 Å². The smallest absolute Gasteiger partial charge is 0.226 e. The summed E-state index contributed by atoms with van der Waals surface area (Å²) in [5.74, 6) is 0.561. The molecule has 1 aliphatic carbocycles. The monoisotopic (exact) mass is 411 g/mol. The molecule has 1 aliphatic heterocycles. The molecule has 1 saturated carbocycles. The van der Waals surface area contributed by atoms with Gasteiger partial charge in [-0.2, -0.15) is 9.97 Å². The van der Waals surface area contributed by atoms with E-state index in [-0.39, 0.29) is 5.28 Å². The Hall–Kier alpha value is -1.52. The van der Waals surface area contributed by atoms with Gasteiger partial charge in [-0.1, -0.05) is 32.1 Å². The normalized spacial score (nSPS) is 29.7. The Morgan fingerprint density at radius 1 is 1.11 bits per heavy atom. The van der Waals surface area contributed by atoms with E-state index >= 15 is 0 Å². The van der Waals surface area contributed by atoms with E-state index in [0.717, 1.165) is 12.8 Å². The molecule has 1 unspecified atom stereocenters. The molecular weight excluding hydrogens is 386 g/mol. The Morgan fingerprint density at radius 3 is 2.50 bits per heavy atom. The summed E-state index contributed by atoms with van der Waals surface area (Å²) in [6.45, 7) is -0.397. The molecule has 4 atom stereocenters. The number of halogens is 1. The van der Waals surface area contributed by atoms with Gasteiger partial charge in [0.15, 0.2) is 23.2 Å². The van der Waals surface area contributed by atoms with E-state index in [0.29, 0.717) is 23.0 Å². The Bertz CT molecular complexity index is 811.